The summed E-state index contributed by atoms with van der Waals surface area (Å²) in [7, 11) is 0. The molecule has 0 radical (unpaired) electrons. The van der Waals surface area contributed by atoms with Crippen LogP contribution in [0.1, 0.15) is 24.8 Å². The maximum absolute atomic E-state index is 12.2. The third-order valence-corrected chi connectivity index (χ3v) is 4.31. The van der Waals surface area contributed by atoms with Crippen LogP contribution in [-0.2, 0) is 11.2 Å². The summed E-state index contributed by atoms with van der Waals surface area (Å²) in [5.74, 6) is 1.95. The topological polar surface area (TPSA) is 62.7 Å². The average molecular weight is 341 g/mol. The molecule has 0 aromatic carbocycles. The van der Waals surface area contributed by atoms with Gasteiger partial charge in [-0.1, -0.05) is 0 Å². The summed E-state index contributed by atoms with van der Waals surface area (Å²) in [6.45, 7) is 0.205. The van der Waals surface area contributed by atoms with Crippen molar-refractivity contribution in [3.63, 3.8) is 0 Å². The predicted octanol–water partition coefficient (Wildman–Crippen LogP) is 1.86. The maximum Gasteiger partial charge on any atom is 0.228 e. The van der Waals surface area contributed by atoms with Gasteiger partial charge in [-0.3, -0.25) is 9.69 Å². The highest BCUT2D eigenvalue weighted by molar-refractivity contribution is 9.09. The number of pyridine rings is 1. The van der Waals surface area contributed by atoms with E-state index in [1.165, 1.54) is 0 Å². The number of carbonyl (C=O) groups excluding carboxylic acids is 1. The predicted molar refractivity (Wildman–Crippen MR) is 78.1 cm³/mol. The molecule has 1 fully saturated rings. The Kier molecular flexibility index (Phi) is 3.94. The first-order valence-electron chi connectivity index (χ1n) is 6.83. The molecule has 20 heavy (non-hydrogen) atoms. The van der Waals surface area contributed by atoms with Crippen LogP contribution in [0.4, 0.5) is 5.82 Å². The molecule has 0 saturated heterocycles. The fourth-order valence-corrected chi connectivity index (χ4v) is 3.21. The Morgan fingerprint density at radius 2 is 2.25 bits per heavy atom. The number of anilines is 1. The van der Waals surface area contributed by atoms with E-state index >= 15 is 0 Å². The van der Waals surface area contributed by atoms with Crippen molar-refractivity contribution in [3.8, 4) is 5.75 Å². The zero-order valence-electron chi connectivity index (χ0n) is 11.1. The number of fused-ring (bicyclic) bond motifs is 1. The number of hydrogen-bond acceptors (Lipinski definition) is 4. The molecule has 108 valence electrons. The van der Waals surface area contributed by atoms with Gasteiger partial charge >= 0.3 is 0 Å². The summed E-state index contributed by atoms with van der Waals surface area (Å²) in [6, 6.07) is 2.15. The summed E-state index contributed by atoms with van der Waals surface area (Å²) in [5.41, 5.74) is 1.49. The van der Waals surface area contributed by atoms with Crippen molar-refractivity contribution in [2.75, 3.05) is 17.0 Å². The first-order valence-corrected chi connectivity index (χ1v) is 7.95. The van der Waals surface area contributed by atoms with E-state index in [-0.39, 0.29) is 18.6 Å². The largest absolute Gasteiger partial charge is 0.481 e. The second-order valence-corrected chi connectivity index (χ2v) is 5.80. The monoisotopic (exact) mass is 340 g/mol. The van der Waals surface area contributed by atoms with E-state index in [0.717, 1.165) is 30.0 Å². The molecule has 0 atom stereocenters. The number of amides is 1. The summed E-state index contributed by atoms with van der Waals surface area (Å²) in [6.07, 6.45) is 4.62. The number of hydrogen-bond donors (Lipinski definition) is 1. The Morgan fingerprint density at radius 1 is 1.45 bits per heavy atom. The van der Waals surface area contributed by atoms with Gasteiger partial charge in [0.2, 0.25) is 5.91 Å². The van der Waals surface area contributed by atoms with Gasteiger partial charge in [0, 0.05) is 19.1 Å². The van der Waals surface area contributed by atoms with Crippen molar-refractivity contribution in [1.82, 2.24) is 4.98 Å². The molecule has 5 nitrogen and oxygen atoms in total. The quantitative estimate of drug-likeness (QED) is 0.850. The highest BCUT2D eigenvalue weighted by Crippen LogP contribution is 2.38. The van der Waals surface area contributed by atoms with E-state index in [2.05, 4.69) is 20.9 Å². The van der Waals surface area contributed by atoms with Crippen LogP contribution < -0.4 is 9.64 Å². The zero-order chi connectivity index (χ0) is 14.1. The molecule has 1 aromatic rings. The van der Waals surface area contributed by atoms with Gasteiger partial charge in [0.25, 0.3) is 0 Å². The summed E-state index contributed by atoms with van der Waals surface area (Å²) >= 11 is 3.22. The van der Waals surface area contributed by atoms with E-state index in [1.807, 2.05) is 11.0 Å². The van der Waals surface area contributed by atoms with E-state index in [4.69, 9.17) is 9.84 Å². The molecule has 1 N–H and O–H groups in total. The Labute approximate surface area is 126 Å². The summed E-state index contributed by atoms with van der Waals surface area (Å²) in [4.78, 5) is 18.4. The minimum atomic E-state index is 0.139. The highest BCUT2D eigenvalue weighted by Gasteiger charge is 2.39. The third-order valence-electron chi connectivity index (χ3n) is 4.08. The lowest BCUT2D eigenvalue weighted by Crippen LogP contribution is -2.51. The van der Waals surface area contributed by atoms with Crippen molar-refractivity contribution in [3.05, 3.63) is 17.8 Å². The second kappa shape index (κ2) is 5.69. The zero-order valence-corrected chi connectivity index (χ0v) is 12.7. The van der Waals surface area contributed by atoms with E-state index < -0.39 is 0 Å². The van der Waals surface area contributed by atoms with Crippen molar-refractivity contribution in [2.24, 2.45) is 5.92 Å². The molecule has 1 aliphatic carbocycles. The number of carbonyl (C=O) groups is 1. The maximum atomic E-state index is 12.2. The Bertz CT molecular complexity index is 517. The first kappa shape index (κ1) is 13.8. The van der Waals surface area contributed by atoms with Crippen LogP contribution in [0.3, 0.4) is 0 Å². The number of alkyl halides is 1. The van der Waals surface area contributed by atoms with E-state index in [9.17, 15) is 4.79 Å². The van der Waals surface area contributed by atoms with Crippen LogP contribution in [-0.4, -0.2) is 34.2 Å². The lowest BCUT2D eigenvalue weighted by Gasteiger charge is -2.43. The number of halogens is 1. The van der Waals surface area contributed by atoms with Crippen molar-refractivity contribution < 1.29 is 14.6 Å². The smallest absolute Gasteiger partial charge is 0.228 e. The van der Waals surface area contributed by atoms with Gasteiger partial charge in [-0.15, -0.1) is 0 Å². The van der Waals surface area contributed by atoms with Gasteiger partial charge < -0.3 is 9.84 Å². The van der Waals surface area contributed by atoms with Crippen LogP contribution in [0.25, 0.3) is 0 Å². The standard InChI is InChI=1S/C14H17BrN2O3/c15-8-20-12-5-10-1-2-13(19)17(14(10)16-6-12)11-3-9(4-11)7-18/h5-6,9,11,18H,1-4,7-8H2. The molecule has 1 amide bonds. The molecule has 0 unspecified atom stereocenters. The van der Waals surface area contributed by atoms with Crippen LogP contribution in [0, 0.1) is 5.92 Å². The lowest BCUT2D eigenvalue weighted by molar-refractivity contribution is -0.120. The molecule has 6 heteroatoms. The Hall–Kier alpha value is -1.14. The second-order valence-electron chi connectivity index (χ2n) is 5.34. The fraction of sp³-hybridized carbons (Fsp3) is 0.571. The minimum Gasteiger partial charge on any atom is -0.481 e. The van der Waals surface area contributed by atoms with Gasteiger partial charge in [-0.25, -0.2) is 4.98 Å². The molecule has 2 heterocycles. The lowest BCUT2D eigenvalue weighted by atomic mass is 9.79. The number of aliphatic hydroxyl groups excluding tert-OH is 1. The van der Waals surface area contributed by atoms with Gasteiger partial charge in [-0.2, -0.15) is 0 Å². The number of aliphatic hydroxyl groups is 1. The van der Waals surface area contributed by atoms with Crippen LogP contribution in [0.2, 0.25) is 0 Å². The molecule has 1 aromatic heterocycles. The summed E-state index contributed by atoms with van der Waals surface area (Å²) in [5, 5.41) is 9.12. The number of aryl methyl sites for hydroxylation is 1. The van der Waals surface area contributed by atoms with Crippen LogP contribution >= 0.6 is 15.9 Å². The first-order chi connectivity index (χ1) is 9.72. The van der Waals surface area contributed by atoms with Gasteiger partial charge in [0.15, 0.2) is 0 Å². The van der Waals surface area contributed by atoms with E-state index in [0.29, 0.717) is 24.3 Å². The average Bonchev–Trinajstić information content (AvgIpc) is 2.40. The number of rotatable bonds is 4. The SMILES string of the molecule is O=C1CCc2cc(OCBr)cnc2N1C1CC(CO)C1. The Morgan fingerprint density at radius 3 is 2.95 bits per heavy atom. The minimum absolute atomic E-state index is 0.139. The van der Waals surface area contributed by atoms with Crippen LogP contribution in [0.5, 0.6) is 5.75 Å². The number of nitrogens with zero attached hydrogens (tertiary/aromatic N) is 2. The van der Waals surface area contributed by atoms with Crippen LogP contribution in [0.15, 0.2) is 12.3 Å². The molecular formula is C14H17BrN2O3. The normalized spacial score (nSPS) is 25.1. The molecule has 1 aliphatic heterocycles. The summed E-state index contributed by atoms with van der Waals surface area (Å²) < 4.78 is 5.39. The van der Waals surface area contributed by atoms with Crippen molar-refractivity contribution in [1.29, 1.82) is 0 Å². The van der Waals surface area contributed by atoms with E-state index in [1.54, 1.807) is 6.20 Å². The third kappa shape index (κ3) is 2.42. The fourth-order valence-electron chi connectivity index (χ4n) is 2.94. The number of aromatic nitrogens is 1. The van der Waals surface area contributed by atoms with Crippen molar-refractivity contribution in [2.45, 2.75) is 31.7 Å². The van der Waals surface area contributed by atoms with Gasteiger partial charge in [0.1, 0.15) is 17.1 Å². The number of ether oxygens (including phenoxy) is 1. The van der Waals surface area contributed by atoms with Gasteiger partial charge in [0.05, 0.1) is 6.20 Å². The Balaban J connectivity index is 1.84. The molecule has 2 aliphatic rings. The van der Waals surface area contributed by atoms with Crippen molar-refractivity contribution >= 4 is 27.7 Å². The van der Waals surface area contributed by atoms with Gasteiger partial charge in [-0.05, 0) is 52.7 Å². The molecule has 0 bridgehead atoms. The molecular weight excluding hydrogens is 324 g/mol. The molecule has 3 rings (SSSR count). The molecule has 1 saturated carbocycles. The highest BCUT2D eigenvalue weighted by atomic mass is 79.9. The molecule has 0 spiro atoms.